The Bertz CT molecular complexity index is 3130. The molecule has 3 aliphatic heterocycles. The molecule has 0 aromatic heterocycles. The van der Waals surface area contributed by atoms with E-state index in [0.717, 1.165) is 23.6 Å². The van der Waals surface area contributed by atoms with E-state index in [2.05, 4.69) is 211 Å². The Morgan fingerprint density at radius 2 is 1.08 bits per heavy atom. The first-order valence-electron chi connectivity index (χ1n) is 20.8. The number of hydrogen-bond acceptors (Lipinski definition) is 3. The molecule has 5 heteroatoms. The molecule has 9 aromatic rings. The summed E-state index contributed by atoms with van der Waals surface area (Å²) in [6.07, 6.45) is 0.993. The van der Waals surface area contributed by atoms with Crippen molar-refractivity contribution >= 4 is 80.7 Å². The summed E-state index contributed by atoms with van der Waals surface area (Å²) in [4.78, 5) is 5.05. The third-order valence-electron chi connectivity index (χ3n) is 13.3. The fraction of sp³-hybridized carbons (Fsp3) is 0.0182. The lowest BCUT2D eigenvalue weighted by molar-refractivity contribution is 0.486. The normalized spacial score (nSPS) is 14.4. The highest BCUT2D eigenvalue weighted by atomic mass is 32.2. The van der Waals surface area contributed by atoms with Crippen molar-refractivity contribution < 1.29 is 4.74 Å². The molecule has 0 atom stereocenters. The zero-order valence-corrected chi connectivity index (χ0v) is 34.5. The van der Waals surface area contributed by atoms with E-state index in [0.29, 0.717) is 0 Å². The minimum Gasteiger partial charge on any atom is -0.458 e. The van der Waals surface area contributed by atoms with Crippen LogP contribution in [0.15, 0.2) is 216 Å². The number of benzene rings is 9. The Hall–Kier alpha value is -6.79. The molecule has 0 unspecified atom stereocenters. The molecular weight excluding hydrogens is 762 g/mol. The molecular formula is C55H36BNOSSi. The van der Waals surface area contributed by atoms with Crippen LogP contribution in [0.2, 0.25) is 0 Å². The molecule has 0 bridgehead atoms. The van der Waals surface area contributed by atoms with Crippen molar-refractivity contribution in [3.8, 4) is 33.8 Å². The monoisotopic (exact) mass is 797 g/mol. The van der Waals surface area contributed by atoms with Crippen molar-refractivity contribution in [3.05, 3.63) is 217 Å². The lowest BCUT2D eigenvalue weighted by Gasteiger charge is -2.45. The molecule has 60 heavy (non-hydrogen) atoms. The number of ether oxygens (including phenoxy) is 1. The summed E-state index contributed by atoms with van der Waals surface area (Å²) in [6, 6.07) is 77.1. The summed E-state index contributed by atoms with van der Waals surface area (Å²) in [6.45, 7) is 0.0725. The molecule has 9 aromatic carbocycles. The van der Waals surface area contributed by atoms with Crippen LogP contribution in [0.1, 0.15) is 11.1 Å². The van der Waals surface area contributed by atoms with Crippen LogP contribution in [0, 0.1) is 0 Å². The van der Waals surface area contributed by atoms with Gasteiger partial charge in [-0.25, -0.2) is 0 Å². The first-order chi connectivity index (χ1) is 29.7. The summed E-state index contributed by atoms with van der Waals surface area (Å²) in [7, 11) is -2.74. The first-order valence-corrected chi connectivity index (χ1v) is 23.6. The minimum atomic E-state index is -2.74. The molecule has 1 aliphatic carbocycles. The van der Waals surface area contributed by atoms with Gasteiger partial charge in [0.1, 0.15) is 11.5 Å². The number of nitrogens with zero attached hydrogens (tertiary/aromatic N) is 1. The smallest absolute Gasteiger partial charge is 0.253 e. The van der Waals surface area contributed by atoms with Crippen molar-refractivity contribution in [2.75, 3.05) is 4.90 Å². The van der Waals surface area contributed by atoms with Gasteiger partial charge in [-0.1, -0.05) is 181 Å². The van der Waals surface area contributed by atoms with Gasteiger partial charge in [0.25, 0.3) is 6.71 Å². The molecule has 13 rings (SSSR count). The van der Waals surface area contributed by atoms with E-state index < -0.39 is 8.07 Å². The second kappa shape index (κ2) is 13.1. The van der Waals surface area contributed by atoms with Gasteiger partial charge in [0.2, 0.25) is 0 Å². The molecule has 0 N–H and O–H groups in total. The van der Waals surface area contributed by atoms with Crippen molar-refractivity contribution in [1.82, 2.24) is 0 Å². The van der Waals surface area contributed by atoms with E-state index in [9.17, 15) is 0 Å². The summed E-state index contributed by atoms with van der Waals surface area (Å²) in [5.41, 5.74) is 15.2. The van der Waals surface area contributed by atoms with Gasteiger partial charge in [-0.15, -0.1) is 0 Å². The highest BCUT2D eigenvalue weighted by Gasteiger charge is 2.49. The van der Waals surface area contributed by atoms with E-state index in [1.165, 1.54) is 91.7 Å². The van der Waals surface area contributed by atoms with Gasteiger partial charge >= 0.3 is 0 Å². The van der Waals surface area contributed by atoms with Gasteiger partial charge < -0.3 is 9.64 Å². The summed E-state index contributed by atoms with van der Waals surface area (Å²) < 4.78 is 7.21. The molecule has 0 amide bonds. The van der Waals surface area contributed by atoms with Gasteiger partial charge in [0.05, 0.1) is 5.69 Å². The second-order valence-corrected chi connectivity index (χ2v) is 21.2. The fourth-order valence-corrected chi connectivity index (χ4v) is 17.0. The molecule has 0 radical (unpaired) electrons. The Morgan fingerprint density at radius 1 is 0.467 bits per heavy atom. The van der Waals surface area contributed by atoms with E-state index in [-0.39, 0.29) is 6.71 Å². The van der Waals surface area contributed by atoms with Crippen LogP contribution in [-0.4, -0.2) is 14.8 Å². The van der Waals surface area contributed by atoms with Gasteiger partial charge in [0.15, 0.2) is 8.07 Å². The van der Waals surface area contributed by atoms with E-state index in [1.54, 1.807) is 0 Å². The van der Waals surface area contributed by atoms with Crippen molar-refractivity contribution in [2.24, 2.45) is 0 Å². The Labute approximate surface area is 355 Å². The SMILES string of the molecule is c1ccc([Si]2(c3ccccc3)c3ccccc3N(c3cc4c5c(c3)Sc3ccccc3B5c3ccc(-c5ccc6c(c5)-c5ccccc5C6)cc3O4)c3ccccc32)cc1. The Morgan fingerprint density at radius 3 is 1.85 bits per heavy atom. The molecule has 0 fully saturated rings. The highest BCUT2D eigenvalue weighted by Crippen LogP contribution is 2.45. The molecule has 2 nitrogen and oxygen atoms in total. The maximum atomic E-state index is 7.21. The largest absolute Gasteiger partial charge is 0.458 e. The quantitative estimate of drug-likeness (QED) is 0.165. The molecule has 0 spiro atoms. The van der Waals surface area contributed by atoms with Crippen LogP contribution < -0.4 is 46.8 Å². The number of anilines is 3. The maximum absolute atomic E-state index is 7.21. The van der Waals surface area contributed by atoms with Crippen LogP contribution in [0.4, 0.5) is 17.1 Å². The van der Waals surface area contributed by atoms with Crippen LogP contribution in [-0.2, 0) is 6.42 Å². The molecule has 3 heterocycles. The minimum absolute atomic E-state index is 0.0725. The summed E-state index contributed by atoms with van der Waals surface area (Å²) in [5, 5.41) is 5.54. The fourth-order valence-electron chi connectivity index (χ4n) is 10.7. The van der Waals surface area contributed by atoms with Crippen LogP contribution in [0.3, 0.4) is 0 Å². The molecule has 0 saturated heterocycles. The Kier molecular flexibility index (Phi) is 7.45. The molecule has 4 aliphatic rings. The highest BCUT2D eigenvalue weighted by molar-refractivity contribution is 8.00. The third kappa shape index (κ3) is 4.85. The lowest BCUT2D eigenvalue weighted by Crippen LogP contribution is -2.77. The average molecular weight is 798 g/mol. The van der Waals surface area contributed by atoms with Crippen molar-refractivity contribution in [2.45, 2.75) is 16.2 Å². The Balaban J connectivity index is 0.999. The molecule has 280 valence electrons. The summed E-state index contributed by atoms with van der Waals surface area (Å²) in [5.74, 6) is 1.85. The predicted molar refractivity (Wildman–Crippen MR) is 254 cm³/mol. The summed E-state index contributed by atoms with van der Waals surface area (Å²) >= 11 is 1.87. The molecule has 0 saturated carbocycles. The topological polar surface area (TPSA) is 12.5 Å². The van der Waals surface area contributed by atoms with Crippen LogP contribution >= 0.6 is 11.8 Å². The van der Waals surface area contributed by atoms with Crippen molar-refractivity contribution in [1.29, 1.82) is 0 Å². The average Bonchev–Trinajstić information content (AvgIpc) is 3.69. The van der Waals surface area contributed by atoms with Gasteiger partial charge in [-0.3, -0.25) is 0 Å². The van der Waals surface area contributed by atoms with Gasteiger partial charge in [0, 0.05) is 27.2 Å². The first kappa shape index (κ1) is 34.1. The predicted octanol–water partition coefficient (Wildman–Crippen LogP) is 9.17. The standard InChI is InChI=1S/C55H36BNOSSi/c1-3-16-41(17-4-1)60(42-18-5-2-6-19-42)53-25-13-10-22-47(53)57(48-23-11-14-26-54(48)60)40-34-50-55-52(35-40)59-51-24-12-9-21-46(51)56(55)45-30-29-37(33-49(45)58-50)36-27-28-39-31-38-15-7-8-20-43(38)44(39)32-36/h1-30,32-35H,31H2. The van der Waals surface area contributed by atoms with E-state index in [4.69, 9.17) is 4.74 Å². The number of hydrogen-bond donors (Lipinski definition) is 0. The van der Waals surface area contributed by atoms with E-state index in [1.807, 2.05) is 11.8 Å². The number of rotatable bonds is 4. The zero-order chi connectivity index (χ0) is 39.4. The number of para-hydroxylation sites is 2. The second-order valence-electron chi connectivity index (χ2n) is 16.3. The van der Waals surface area contributed by atoms with Crippen LogP contribution in [0.25, 0.3) is 22.3 Å². The van der Waals surface area contributed by atoms with Gasteiger partial charge in [-0.05, 0) is 108 Å². The number of fused-ring (bicyclic) bond motifs is 9. The third-order valence-corrected chi connectivity index (χ3v) is 19.3. The van der Waals surface area contributed by atoms with Crippen molar-refractivity contribution in [3.63, 3.8) is 0 Å². The lowest BCUT2D eigenvalue weighted by atomic mass is 9.35. The van der Waals surface area contributed by atoms with E-state index >= 15 is 0 Å². The zero-order valence-electron chi connectivity index (χ0n) is 32.7. The van der Waals surface area contributed by atoms with Gasteiger partial charge in [-0.2, -0.15) is 0 Å². The maximum Gasteiger partial charge on any atom is 0.253 e. The van der Waals surface area contributed by atoms with Crippen LogP contribution in [0.5, 0.6) is 11.5 Å².